The van der Waals surface area contributed by atoms with Crippen molar-refractivity contribution in [2.24, 2.45) is 0 Å². The Balaban J connectivity index is 0.000000205. The van der Waals surface area contributed by atoms with Crippen molar-refractivity contribution in [1.82, 2.24) is 0 Å². The quantitative estimate of drug-likeness (QED) is 0.162. The number of halogens is 2. The SMILES string of the molecule is CC1=C[CH-]C(C)(C)c2cc3c(cc21)-c1cc2c(cc1C3)C(C)(C)CC=C2C.Cc1cc(C(C)(C)C)c[cH-]1.[Cl-].[Cl-].[Zr+2]=[C](Cc1ccccc1)Cc1ccccc1. The molecule has 0 fully saturated rings. The third kappa shape index (κ3) is 10.5. The molecular weight excluding hydrogens is 787 g/mol. The van der Waals surface area contributed by atoms with Gasteiger partial charge < -0.3 is 24.8 Å². The first-order valence-corrected chi connectivity index (χ1v) is 20.7. The van der Waals surface area contributed by atoms with E-state index in [9.17, 15) is 0 Å². The van der Waals surface area contributed by atoms with Crippen LogP contribution in [0.25, 0.3) is 22.3 Å². The second kappa shape index (κ2) is 18.0. The topological polar surface area (TPSA) is 0 Å². The molecule has 0 nitrogen and oxygen atoms in total. The summed E-state index contributed by atoms with van der Waals surface area (Å²) in [5, 5.41) is 0. The average molecular weight is 845 g/mol. The predicted molar refractivity (Wildman–Crippen MR) is 228 cm³/mol. The fourth-order valence-corrected chi connectivity index (χ4v) is 8.95. The summed E-state index contributed by atoms with van der Waals surface area (Å²) < 4.78 is 1.60. The van der Waals surface area contributed by atoms with E-state index in [0.717, 1.165) is 25.7 Å². The molecule has 286 valence electrons. The second-order valence-electron chi connectivity index (χ2n) is 17.9. The Bertz CT molecular complexity index is 2040. The number of allylic oxidation sites excluding steroid dienone is 4. The van der Waals surface area contributed by atoms with E-state index in [1.54, 1.807) is 27.4 Å². The summed E-state index contributed by atoms with van der Waals surface area (Å²) in [5.41, 5.74) is 20.9. The fraction of sp³-hybridized carbons (Fsp3) is 0.327. The Morgan fingerprint density at radius 2 is 1.18 bits per heavy atom. The molecule has 3 heteroatoms. The van der Waals surface area contributed by atoms with Crippen LogP contribution >= 0.6 is 0 Å². The van der Waals surface area contributed by atoms with E-state index in [4.69, 9.17) is 0 Å². The molecule has 8 rings (SSSR count). The number of aryl methyl sites for hydroxylation is 1. The van der Waals surface area contributed by atoms with Crippen molar-refractivity contribution < 1.29 is 49.0 Å². The summed E-state index contributed by atoms with van der Waals surface area (Å²) in [7, 11) is 0. The normalized spacial score (nSPS) is 15.2. The van der Waals surface area contributed by atoms with Crippen LogP contribution in [0.1, 0.15) is 124 Å². The number of hydrogen-bond acceptors (Lipinski definition) is 0. The third-order valence-electron chi connectivity index (χ3n) is 11.4. The summed E-state index contributed by atoms with van der Waals surface area (Å²) in [6, 6.07) is 38.0. The summed E-state index contributed by atoms with van der Waals surface area (Å²) in [4.78, 5) is 0. The first-order chi connectivity index (χ1) is 25.0. The second-order valence-corrected chi connectivity index (χ2v) is 19.6. The Hall–Kier alpha value is -3.09. The monoisotopic (exact) mass is 842 g/mol. The summed E-state index contributed by atoms with van der Waals surface area (Å²) in [5.74, 6) is 0. The number of hydrogen-bond donors (Lipinski definition) is 0. The molecule has 0 saturated carbocycles. The van der Waals surface area contributed by atoms with Crippen LogP contribution in [0.4, 0.5) is 0 Å². The van der Waals surface area contributed by atoms with Gasteiger partial charge in [-0.1, -0.05) is 96.1 Å². The number of rotatable bonds is 4. The van der Waals surface area contributed by atoms with E-state index in [1.807, 2.05) is 0 Å². The summed E-state index contributed by atoms with van der Waals surface area (Å²) >= 11 is 1.55. The molecule has 0 amide bonds. The van der Waals surface area contributed by atoms with Gasteiger partial charge in [-0.3, -0.25) is 0 Å². The van der Waals surface area contributed by atoms with E-state index in [1.165, 1.54) is 77.9 Å². The molecular formula is C52H58Cl2Zr-2. The van der Waals surface area contributed by atoms with E-state index < -0.39 is 0 Å². The van der Waals surface area contributed by atoms with Gasteiger partial charge in [0.25, 0.3) is 0 Å². The van der Waals surface area contributed by atoms with E-state index in [0.29, 0.717) is 5.41 Å². The molecule has 5 aromatic rings. The number of benzene rings is 4. The van der Waals surface area contributed by atoms with Gasteiger partial charge in [-0.2, -0.15) is 28.8 Å². The van der Waals surface area contributed by atoms with Gasteiger partial charge in [0.05, 0.1) is 0 Å². The fourth-order valence-electron chi connectivity index (χ4n) is 7.95. The molecule has 0 heterocycles. The zero-order chi connectivity index (χ0) is 38.1. The van der Waals surface area contributed by atoms with E-state index in [-0.39, 0.29) is 35.6 Å². The van der Waals surface area contributed by atoms with Crippen LogP contribution in [-0.2, 0) is 59.7 Å². The summed E-state index contributed by atoms with van der Waals surface area (Å²) in [6.07, 6.45) is 11.5. The van der Waals surface area contributed by atoms with Crippen LogP contribution in [0.2, 0.25) is 0 Å². The molecule has 0 aliphatic heterocycles. The molecule has 0 bridgehead atoms. The minimum absolute atomic E-state index is 0. The maximum absolute atomic E-state index is 2.51. The standard InChI is InChI=1S/C27H29.C15H14.C10H15.2ClH.Zr/c1-16-7-9-26(3,4)24-12-18-11-19-13-25-21(17(2)8-10-27(25,5)6)15-23(19)22(18)14-20(16)24;1-3-8-14(9-4-1)12-7-13-15-10-5-2-6-11-15;1-8-5-6-9(7-8)10(2,3)4;;;/h7-9,12-15H,10-11H2,1-6H3;1-6,8-11H,12-13H2;5-7H,1-4H3;2*1H;/q-1;;-1;;;+2/p-2. The van der Waals surface area contributed by atoms with Crippen molar-refractivity contribution >= 4 is 14.4 Å². The third-order valence-corrected chi connectivity index (χ3v) is 12.3. The van der Waals surface area contributed by atoms with Gasteiger partial charge in [0.1, 0.15) is 0 Å². The molecule has 3 aliphatic rings. The van der Waals surface area contributed by atoms with Crippen molar-refractivity contribution in [2.45, 2.75) is 111 Å². The molecule has 0 saturated heterocycles. The van der Waals surface area contributed by atoms with Crippen molar-refractivity contribution in [3.8, 4) is 11.1 Å². The van der Waals surface area contributed by atoms with Crippen LogP contribution < -0.4 is 24.8 Å². The van der Waals surface area contributed by atoms with E-state index in [2.05, 4.69) is 191 Å². The van der Waals surface area contributed by atoms with Gasteiger partial charge in [0.2, 0.25) is 0 Å². The zero-order valence-corrected chi connectivity index (χ0v) is 38.6. The predicted octanol–water partition coefficient (Wildman–Crippen LogP) is 7.45. The van der Waals surface area contributed by atoms with Gasteiger partial charge in [-0.15, -0.1) is 12.5 Å². The molecule has 0 N–H and O–H groups in total. The van der Waals surface area contributed by atoms with Crippen LogP contribution in [0, 0.1) is 13.3 Å². The van der Waals surface area contributed by atoms with Crippen LogP contribution in [0.15, 0.2) is 115 Å². The van der Waals surface area contributed by atoms with Gasteiger partial charge in [-0.25, -0.2) is 18.6 Å². The number of fused-ring (bicyclic) bond motifs is 5. The van der Waals surface area contributed by atoms with Crippen molar-refractivity contribution in [2.75, 3.05) is 0 Å². The van der Waals surface area contributed by atoms with Crippen LogP contribution in [0.3, 0.4) is 0 Å². The Morgan fingerprint density at radius 1 is 0.673 bits per heavy atom. The Morgan fingerprint density at radius 3 is 1.65 bits per heavy atom. The molecule has 5 aromatic carbocycles. The molecule has 55 heavy (non-hydrogen) atoms. The minimum atomic E-state index is 0. The van der Waals surface area contributed by atoms with Gasteiger partial charge in [0.15, 0.2) is 0 Å². The Kier molecular flexibility index (Phi) is 14.6. The first-order valence-electron chi connectivity index (χ1n) is 19.5. The van der Waals surface area contributed by atoms with Gasteiger partial charge in [-0.05, 0) is 70.2 Å². The van der Waals surface area contributed by atoms with Crippen molar-refractivity contribution in [3.05, 3.63) is 177 Å². The average Bonchev–Trinajstić information content (AvgIpc) is 3.72. The molecule has 3 aliphatic carbocycles. The van der Waals surface area contributed by atoms with E-state index >= 15 is 0 Å². The molecule has 0 radical (unpaired) electrons. The Labute approximate surface area is 360 Å². The summed E-state index contributed by atoms with van der Waals surface area (Å²) in [6.45, 7) is 22.8. The zero-order valence-electron chi connectivity index (χ0n) is 34.6. The molecule has 0 atom stereocenters. The van der Waals surface area contributed by atoms with Crippen molar-refractivity contribution in [1.29, 1.82) is 0 Å². The maximum atomic E-state index is 2.51. The van der Waals surface area contributed by atoms with Gasteiger partial charge >= 0.3 is 112 Å². The van der Waals surface area contributed by atoms with Crippen molar-refractivity contribution in [3.63, 3.8) is 0 Å². The van der Waals surface area contributed by atoms with Crippen LogP contribution in [-0.4, -0.2) is 3.21 Å². The van der Waals surface area contributed by atoms with Gasteiger partial charge in [0, 0.05) is 0 Å². The molecule has 0 spiro atoms. The molecule has 0 aromatic heterocycles. The molecule has 0 unspecified atom stereocenters. The first kappa shape index (κ1) is 44.6. The van der Waals surface area contributed by atoms with Crippen LogP contribution in [0.5, 0.6) is 0 Å².